The van der Waals surface area contributed by atoms with Gasteiger partial charge in [0.1, 0.15) is 0 Å². The smallest absolute Gasteiger partial charge is 0.234 e. The Morgan fingerprint density at radius 2 is 1.64 bits per heavy atom. The molecular weight excluding hydrogens is 344 g/mol. The van der Waals surface area contributed by atoms with E-state index in [1.54, 1.807) is 0 Å². The van der Waals surface area contributed by atoms with Gasteiger partial charge in [0.25, 0.3) is 0 Å². The minimum absolute atomic E-state index is 0.0454. The van der Waals surface area contributed by atoms with Gasteiger partial charge in [-0.15, -0.1) is 0 Å². The van der Waals surface area contributed by atoms with Crippen molar-refractivity contribution >= 4 is 17.3 Å². The monoisotopic (exact) mass is 370 g/mol. The SMILES string of the molecule is CC1(CCCCc2ccccc2)C(=O)Nc2cccc(N)c2-c2ccccc21. The van der Waals surface area contributed by atoms with Gasteiger partial charge in [0.2, 0.25) is 5.91 Å². The summed E-state index contributed by atoms with van der Waals surface area (Å²) in [5, 5.41) is 3.14. The first-order chi connectivity index (χ1) is 13.6. The maximum absolute atomic E-state index is 13.3. The summed E-state index contributed by atoms with van der Waals surface area (Å²) < 4.78 is 0. The quantitative estimate of drug-likeness (QED) is 0.456. The number of unbranched alkanes of at least 4 members (excludes halogenated alkanes) is 1. The molecule has 3 aromatic carbocycles. The molecule has 3 nitrogen and oxygen atoms in total. The lowest BCUT2D eigenvalue weighted by atomic mass is 9.75. The van der Waals surface area contributed by atoms with E-state index in [4.69, 9.17) is 5.73 Å². The fraction of sp³-hybridized carbons (Fsp3) is 0.240. The molecule has 0 bridgehead atoms. The standard InChI is InChI=1S/C25H26N2O/c1-25(17-8-7-12-18-10-3-2-4-11-18)20-14-6-5-13-19(20)23-21(26)15-9-16-22(23)27-24(25)28/h2-6,9-11,13-16H,7-8,12,17,26H2,1H3,(H,27,28). The van der Waals surface area contributed by atoms with Gasteiger partial charge in [-0.05, 0) is 55.0 Å². The number of aryl methyl sites for hydroxylation is 1. The number of nitrogens with two attached hydrogens (primary N) is 1. The predicted octanol–water partition coefficient (Wildman–Crippen LogP) is 5.56. The molecular formula is C25H26N2O. The number of carbonyl (C=O) groups excluding carboxylic acids is 1. The van der Waals surface area contributed by atoms with Gasteiger partial charge in [-0.3, -0.25) is 4.79 Å². The van der Waals surface area contributed by atoms with Crippen molar-refractivity contribution in [2.45, 2.75) is 38.0 Å². The summed E-state index contributed by atoms with van der Waals surface area (Å²) in [6.45, 7) is 2.06. The van der Waals surface area contributed by atoms with E-state index in [2.05, 4.69) is 48.6 Å². The molecule has 28 heavy (non-hydrogen) atoms. The van der Waals surface area contributed by atoms with Crippen LogP contribution in [-0.2, 0) is 16.6 Å². The Balaban J connectivity index is 1.62. The molecule has 1 aliphatic rings. The highest BCUT2D eigenvalue weighted by Crippen LogP contribution is 2.45. The van der Waals surface area contributed by atoms with Crippen LogP contribution in [0.4, 0.5) is 11.4 Å². The van der Waals surface area contributed by atoms with Crippen LogP contribution in [-0.4, -0.2) is 5.91 Å². The number of anilines is 2. The summed E-state index contributed by atoms with van der Waals surface area (Å²) in [6, 6.07) is 24.4. The van der Waals surface area contributed by atoms with E-state index in [1.807, 2.05) is 36.4 Å². The summed E-state index contributed by atoms with van der Waals surface area (Å²) in [5.41, 5.74) is 11.6. The fourth-order valence-corrected chi connectivity index (χ4v) is 4.24. The van der Waals surface area contributed by atoms with Crippen LogP contribution in [0.15, 0.2) is 72.8 Å². The van der Waals surface area contributed by atoms with E-state index < -0.39 is 5.41 Å². The van der Waals surface area contributed by atoms with Gasteiger partial charge >= 0.3 is 0 Å². The topological polar surface area (TPSA) is 55.1 Å². The summed E-state index contributed by atoms with van der Waals surface area (Å²) in [7, 11) is 0. The van der Waals surface area contributed by atoms with Crippen molar-refractivity contribution in [1.82, 2.24) is 0 Å². The molecule has 1 atom stereocenters. The van der Waals surface area contributed by atoms with Crippen molar-refractivity contribution < 1.29 is 4.79 Å². The Labute approximate surface area is 166 Å². The van der Waals surface area contributed by atoms with E-state index in [-0.39, 0.29) is 5.91 Å². The van der Waals surface area contributed by atoms with Crippen LogP contribution in [0.5, 0.6) is 0 Å². The minimum atomic E-state index is -0.585. The number of amides is 1. The number of fused-ring (bicyclic) bond motifs is 3. The summed E-state index contributed by atoms with van der Waals surface area (Å²) in [4.78, 5) is 13.3. The van der Waals surface area contributed by atoms with Gasteiger partial charge in [-0.1, -0.05) is 67.1 Å². The third kappa shape index (κ3) is 3.29. The zero-order valence-corrected chi connectivity index (χ0v) is 16.2. The second-order valence-corrected chi connectivity index (χ2v) is 7.79. The molecule has 4 rings (SSSR count). The first-order valence-electron chi connectivity index (χ1n) is 9.93. The first kappa shape index (κ1) is 18.3. The zero-order valence-electron chi connectivity index (χ0n) is 16.2. The first-order valence-corrected chi connectivity index (χ1v) is 9.93. The highest BCUT2D eigenvalue weighted by molar-refractivity contribution is 6.07. The van der Waals surface area contributed by atoms with Gasteiger partial charge in [0.15, 0.2) is 0 Å². The molecule has 3 aromatic rings. The largest absolute Gasteiger partial charge is 0.398 e. The van der Waals surface area contributed by atoms with Gasteiger partial charge < -0.3 is 11.1 Å². The number of hydrogen-bond acceptors (Lipinski definition) is 2. The van der Waals surface area contributed by atoms with Crippen LogP contribution >= 0.6 is 0 Å². The summed E-state index contributed by atoms with van der Waals surface area (Å²) in [5.74, 6) is 0.0454. The molecule has 3 N–H and O–H groups in total. The molecule has 1 aliphatic heterocycles. The van der Waals surface area contributed by atoms with Crippen molar-refractivity contribution in [1.29, 1.82) is 0 Å². The van der Waals surface area contributed by atoms with Crippen LogP contribution in [0.3, 0.4) is 0 Å². The molecule has 0 aromatic heterocycles. The predicted molar refractivity (Wildman–Crippen MR) is 116 cm³/mol. The van der Waals surface area contributed by atoms with Crippen LogP contribution in [0.25, 0.3) is 11.1 Å². The average molecular weight is 370 g/mol. The minimum Gasteiger partial charge on any atom is -0.398 e. The molecule has 1 amide bonds. The van der Waals surface area contributed by atoms with Crippen molar-refractivity contribution in [2.75, 3.05) is 11.1 Å². The van der Waals surface area contributed by atoms with Crippen LogP contribution in [0.1, 0.15) is 37.3 Å². The lowest BCUT2D eigenvalue weighted by Crippen LogP contribution is -2.37. The van der Waals surface area contributed by atoms with Crippen molar-refractivity contribution in [3.05, 3.63) is 83.9 Å². The van der Waals surface area contributed by atoms with Gasteiger partial charge in [-0.25, -0.2) is 0 Å². The van der Waals surface area contributed by atoms with E-state index in [9.17, 15) is 4.79 Å². The second kappa shape index (κ2) is 7.51. The highest BCUT2D eigenvalue weighted by Gasteiger charge is 2.39. The molecule has 0 saturated heterocycles. The third-order valence-corrected chi connectivity index (χ3v) is 5.87. The number of carbonyl (C=O) groups is 1. The Kier molecular flexibility index (Phi) is 4.91. The van der Waals surface area contributed by atoms with Gasteiger partial charge in [-0.2, -0.15) is 0 Å². The van der Waals surface area contributed by atoms with Gasteiger partial charge in [0, 0.05) is 11.3 Å². The van der Waals surface area contributed by atoms with Crippen LogP contribution < -0.4 is 11.1 Å². The molecule has 0 spiro atoms. The van der Waals surface area contributed by atoms with Gasteiger partial charge in [0.05, 0.1) is 11.1 Å². The Bertz CT molecular complexity index is 996. The maximum atomic E-state index is 13.3. The lowest BCUT2D eigenvalue weighted by molar-refractivity contribution is -0.121. The Morgan fingerprint density at radius 3 is 2.46 bits per heavy atom. The number of nitrogen functional groups attached to an aromatic ring is 1. The molecule has 0 saturated carbocycles. The number of rotatable bonds is 5. The molecule has 0 fully saturated rings. The molecule has 1 unspecified atom stereocenters. The van der Waals surface area contributed by atoms with Crippen LogP contribution in [0.2, 0.25) is 0 Å². The van der Waals surface area contributed by atoms with E-state index in [0.29, 0.717) is 5.69 Å². The second-order valence-electron chi connectivity index (χ2n) is 7.79. The van der Waals surface area contributed by atoms with Crippen molar-refractivity contribution in [2.24, 2.45) is 0 Å². The third-order valence-electron chi connectivity index (χ3n) is 5.87. The Hall–Kier alpha value is -3.07. The van der Waals surface area contributed by atoms with Crippen molar-refractivity contribution in [3.8, 4) is 11.1 Å². The molecule has 0 radical (unpaired) electrons. The molecule has 3 heteroatoms. The number of benzene rings is 3. The summed E-state index contributed by atoms with van der Waals surface area (Å²) in [6.07, 6.45) is 3.88. The average Bonchev–Trinajstić information content (AvgIpc) is 2.81. The summed E-state index contributed by atoms with van der Waals surface area (Å²) >= 11 is 0. The van der Waals surface area contributed by atoms with E-state index in [1.165, 1.54) is 5.56 Å². The Morgan fingerprint density at radius 1 is 0.893 bits per heavy atom. The normalized spacial score (nSPS) is 18.0. The lowest BCUT2D eigenvalue weighted by Gasteiger charge is -2.28. The molecule has 142 valence electrons. The van der Waals surface area contributed by atoms with Crippen LogP contribution in [0, 0.1) is 0 Å². The zero-order chi connectivity index (χ0) is 19.6. The van der Waals surface area contributed by atoms with Crippen molar-refractivity contribution in [3.63, 3.8) is 0 Å². The van der Waals surface area contributed by atoms with E-state index in [0.717, 1.165) is 48.1 Å². The maximum Gasteiger partial charge on any atom is 0.234 e. The van der Waals surface area contributed by atoms with E-state index >= 15 is 0 Å². The number of hydrogen-bond donors (Lipinski definition) is 2. The molecule has 1 heterocycles. The number of nitrogens with one attached hydrogen (secondary N) is 1. The fourth-order valence-electron chi connectivity index (χ4n) is 4.24. The highest BCUT2D eigenvalue weighted by atomic mass is 16.2. The molecule has 0 aliphatic carbocycles.